The number of hydrogen-bond donors (Lipinski definition) is 0. The summed E-state index contributed by atoms with van der Waals surface area (Å²) in [4.78, 5) is 15.0. The van der Waals surface area contributed by atoms with Gasteiger partial charge in [-0.2, -0.15) is 5.10 Å². The lowest BCUT2D eigenvalue weighted by Gasteiger charge is -2.27. The third-order valence-corrected chi connectivity index (χ3v) is 8.39. The van der Waals surface area contributed by atoms with Crippen LogP contribution in [0.15, 0.2) is 60.9 Å². The van der Waals surface area contributed by atoms with Gasteiger partial charge in [0.15, 0.2) is 0 Å². The number of aryl methyl sites for hydroxylation is 2. The minimum absolute atomic E-state index is 0.0886. The van der Waals surface area contributed by atoms with Crippen LogP contribution in [0.2, 0.25) is 0 Å². The van der Waals surface area contributed by atoms with Crippen molar-refractivity contribution < 1.29 is 13.9 Å². The fourth-order valence-corrected chi connectivity index (χ4v) is 5.95. The normalized spacial score (nSPS) is 17.3. The molecule has 2 atom stereocenters. The van der Waals surface area contributed by atoms with Crippen LogP contribution in [0.4, 0.5) is 4.39 Å². The van der Waals surface area contributed by atoms with E-state index in [4.69, 9.17) is 9.84 Å². The minimum Gasteiger partial charge on any atom is -0.460 e. The molecule has 1 saturated heterocycles. The Morgan fingerprint density at radius 1 is 1.19 bits per heavy atom. The van der Waals surface area contributed by atoms with Crippen LogP contribution in [0.3, 0.4) is 0 Å². The van der Waals surface area contributed by atoms with Gasteiger partial charge >= 0.3 is 5.97 Å². The third kappa shape index (κ3) is 7.90. The number of aromatic nitrogens is 2. The van der Waals surface area contributed by atoms with Crippen LogP contribution in [0.1, 0.15) is 89.8 Å². The van der Waals surface area contributed by atoms with Crippen LogP contribution in [0, 0.1) is 24.6 Å². The number of esters is 1. The third-order valence-electron chi connectivity index (χ3n) is 8.39. The molecule has 5 nitrogen and oxygen atoms in total. The van der Waals surface area contributed by atoms with Crippen LogP contribution in [0.25, 0.3) is 16.5 Å². The number of unbranched alkanes of at least 4 members (excludes halogenated alkanes) is 1. The van der Waals surface area contributed by atoms with E-state index in [-0.39, 0.29) is 17.7 Å². The van der Waals surface area contributed by atoms with E-state index in [2.05, 4.69) is 47.4 Å². The van der Waals surface area contributed by atoms with Crippen molar-refractivity contribution in [2.75, 3.05) is 13.1 Å². The zero-order chi connectivity index (χ0) is 30.4. The van der Waals surface area contributed by atoms with Crippen LogP contribution < -0.4 is 0 Å². The molecule has 42 heavy (non-hydrogen) atoms. The molecule has 1 aromatic heterocycles. The lowest BCUT2D eigenvalue weighted by Crippen LogP contribution is -2.31. The number of halogens is 1. The molecule has 226 valence electrons. The van der Waals surface area contributed by atoms with E-state index in [0.29, 0.717) is 5.92 Å². The highest BCUT2D eigenvalue weighted by atomic mass is 19.1. The highest BCUT2D eigenvalue weighted by molar-refractivity contribution is 5.88. The molecular weight excluding hydrogens is 525 g/mol. The molecule has 0 radical (unpaired) electrons. The van der Waals surface area contributed by atoms with E-state index in [1.807, 2.05) is 46.9 Å². The number of carbonyl (C=O) groups is 1. The lowest BCUT2D eigenvalue weighted by atomic mass is 9.87. The summed E-state index contributed by atoms with van der Waals surface area (Å²) in [5.41, 5.74) is 6.02. The molecule has 0 saturated carbocycles. The second-order valence-corrected chi connectivity index (χ2v) is 12.8. The maximum atomic E-state index is 13.8. The summed E-state index contributed by atoms with van der Waals surface area (Å²) in [6.45, 7) is 19.0. The molecular formula is C36H48FN3O2. The quantitative estimate of drug-likeness (QED) is 0.228. The Hall–Kier alpha value is -3.41. The molecule has 4 rings (SSSR count). The van der Waals surface area contributed by atoms with Gasteiger partial charge in [-0.05, 0) is 106 Å². The number of fused-ring (bicyclic) bond motifs is 1. The van der Waals surface area contributed by atoms with E-state index < -0.39 is 5.60 Å². The monoisotopic (exact) mass is 573 g/mol. The molecule has 1 fully saturated rings. The van der Waals surface area contributed by atoms with Crippen molar-refractivity contribution in [2.24, 2.45) is 11.8 Å². The van der Waals surface area contributed by atoms with Gasteiger partial charge in [0, 0.05) is 37.1 Å². The molecule has 2 aromatic carbocycles. The Morgan fingerprint density at radius 3 is 2.69 bits per heavy atom. The SMILES string of the molecule is C=C(CCn1ncc2cc(C(=CCCC)c3ccc(F)cc3C)ccc21)N1CCCC(C(C)C(=O)OC(C)(C)C)CC1. The average Bonchev–Trinajstić information content (AvgIpc) is 3.17. The first-order valence-electron chi connectivity index (χ1n) is 15.5. The molecule has 0 spiro atoms. The number of hydrogen-bond acceptors (Lipinski definition) is 4. The van der Waals surface area contributed by atoms with Gasteiger partial charge in [0.2, 0.25) is 0 Å². The number of ether oxygens (including phenoxy) is 1. The van der Waals surface area contributed by atoms with Crippen LogP contribution >= 0.6 is 0 Å². The van der Waals surface area contributed by atoms with Gasteiger partial charge in [0.25, 0.3) is 0 Å². The molecule has 2 heterocycles. The van der Waals surface area contributed by atoms with Gasteiger partial charge in [0.05, 0.1) is 17.6 Å². The van der Waals surface area contributed by atoms with Crippen molar-refractivity contribution in [3.8, 4) is 0 Å². The maximum Gasteiger partial charge on any atom is 0.309 e. The number of rotatable bonds is 10. The Balaban J connectivity index is 1.40. The number of carbonyl (C=O) groups excluding carboxylic acids is 1. The summed E-state index contributed by atoms with van der Waals surface area (Å²) in [7, 11) is 0. The predicted octanol–water partition coefficient (Wildman–Crippen LogP) is 8.70. The lowest BCUT2D eigenvalue weighted by molar-refractivity contribution is -0.161. The Bertz CT molecular complexity index is 1430. The van der Waals surface area contributed by atoms with Gasteiger partial charge in [-0.1, -0.05) is 45.1 Å². The maximum absolute atomic E-state index is 13.8. The van der Waals surface area contributed by atoms with Gasteiger partial charge in [-0.15, -0.1) is 0 Å². The summed E-state index contributed by atoms with van der Waals surface area (Å²) in [6, 6.07) is 11.5. The Labute approximate surface area is 251 Å². The van der Waals surface area contributed by atoms with Gasteiger partial charge in [-0.3, -0.25) is 9.48 Å². The van der Waals surface area contributed by atoms with E-state index >= 15 is 0 Å². The summed E-state index contributed by atoms with van der Waals surface area (Å²) in [5.74, 6) is -0.0621. The topological polar surface area (TPSA) is 47.4 Å². The number of likely N-dealkylation sites (tertiary alicyclic amines) is 1. The van der Waals surface area contributed by atoms with Crippen LogP contribution in [0.5, 0.6) is 0 Å². The zero-order valence-corrected chi connectivity index (χ0v) is 26.4. The van der Waals surface area contributed by atoms with Crippen molar-refractivity contribution in [3.05, 3.63) is 83.5 Å². The summed E-state index contributed by atoms with van der Waals surface area (Å²) >= 11 is 0. The Kier molecular flexibility index (Phi) is 10.3. The van der Waals surface area contributed by atoms with E-state index in [0.717, 1.165) is 97.0 Å². The van der Waals surface area contributed by atoms with Gasteiger partial charge < -0.3 is 9.64 Å². The standard InChI is InChI=1S/C36H48FN3O2/c1-8-9-12-33(32-15-14-31(37)22-25(32)2)29-13-16-34-30(23-29)24-38-40(34)21-17-26(3)39-19-10-11-28(18-20-39)27(4)35(41)42-36(5,6)7/h12-16,22-24,27-28H,3,8-11,17-21H2,1-2,4-7H3. The van der Waals surface area contributed by atoms with E-state index in [1.54, 1.807) is 6.07 Å². The molecule has 3 aromatic rings. The van der Waals surface area contributed by atoms with E-state index in [1.165, 1.54) is 6.07 Å². The smallest absolute Gasteiger partial charge is 0.309 e. The molecule has 2 unspecified atom stereocenters. The highest BCUT2D eigenvalue weighted by Gasteiger charge is 2.30. The van der Waals surface area contributed by atoms with Gasteiger partial charge in [0.1, 0.15) is 11.4 Å². The second-order valence-electron chi connectivity index (χ2n) is 12.8. The molecule has 0 bridgehead atoms. The minimum atomic E-state index is -0.454. The fraction of sp³-hybridized carbons (Fsp3) is 0.500. The van der Waals surface area contributed by atoms with Crippen molar-refractivity contribution in [2.45, 2.75) is 92.2 Å². The first-order chi connectivity index (χ1) is 20.0. The van der Waals surface area contributed by atoms with E-state index in [9.17, 15) is 9.18 Å². The molecule has 0 amide bonds. The largest absolute Gasteiger partial charge is 0.460 e. The Morgan fingerprint density at radius 2 is 1.98 bits per heavy atom. The zero-order valence-electron chi connectivity index (χ0n) is 26.4. The highest BCUT2D eigenvalue weighted by Crippen LogP contribution is 2.31. The van der Waals surface area contributed by atoms with Crippen molar-refractivity contribution >= 4 is 22.4 Å². The number of nitrogens with zero attached hydrogens (tertiary/aromatic N) is 3. The predicted molar refractivity (Wildman–Crippen MR) is 171 cm³/mol. The van der Waals surface area contributed by atoms with Crippen LogP contribution in [-0.2, 0) is 16.1 Å². The van der Waals surface area contributed by atoms with Crippen LogP contribution in [-0.4, -0.2) is 39.3 Å². The second kappa shape index (κ2) is 13.7. The first-order valence-corrected chi connectivity index (χ1v) is 15.5. The van der Waals surface area contributed by atoms with Crippen molar-refractivity contribution in [1.82, 2.24) is 14.7 Å². The van der Waals surface area contributed by atoms with Crippen molar-refractivity contribution in [1.29, 1.82) is 0 Å². The number of benzene rings is 2. The molecule has 1 aliphatic rings. The first kappa shape index (κ1) is 31.5. The average molecular weight is 574 g/mol. The molecule has 6 heteroatoms. The molecule has 1 aliphatic heterocycles. The fourth-order valence-electron chi connectivity index (χ4n) is 5.95. The summed E-state index contributed by atoms with van der Waals surface area (Å²) in [6.07, 6.45) is 10.1. The van der Waals surface area contributed by atoms with Gasteiger partial charge in [-0.25, -0.2) is 4.39 Å². The summed E-state index contributed by atoms with van der Waals surface area (Å²) < 4.78 is 21.5. The molecule has 0 aliphatic carbocycles. The molecule has 0 N–H and O–H groups in total. The number of allylic oxidation sites excluding steroid dienone is 2. The van der Waals surface area contributed by atoms with Crippen molar-refractivity contribution in [3.63, 3.8) is 0 Å². The summed E-state index contributed by atoms with van der Waals surface area (Å²) in [5, 5.41) is 5.81.